The van der Waals surface area contributed by atoms with Gasteiger partial charge in [0.15, 0.2) is 5.11 Å². The summed E-state index contributed by atoms with van der Waals surface area (Å²) in [5.74, 6) is 0.438. The number of hydrogen-bond donors (Lipinski definition) is 0. The lowest BCUT2D eigenvalue weighted by Crippen LogP contribution is -2.56. The number of benzene rings is 3. The molecule has 2 heterocycles. The third-order valence-electron chi connectivity index (χ3n) is 7.47. The van der Waals surface area contributed by atoms with Gasteiger partial charge in [-0.15, -0.1) is 0 Å². The zero-order chi connectivity index (χ0) is 31.4. The van der Waals surface area contributed by atoms with E-state index >= 15 is 0 Å². The highest BCUT2D eigenvalue weighted by atomic mass is 32.1. The monoisotopic (exact) mass is 603 g/mol. The topological polar surface area (TPSA) is 53.1 Å². The van der Waals surface area contributed by atoms with Crippen LogP contribution in [0.4, 0.5) is 17.1 Å². The number of nitrogens with zero attached hydrogens (tertiary/aromatic N) is 3. The fourth-order valence-electron chi connectivity index (χ4n) is 5.12. The van der Waals surface area contributed by atoms with E-state index in [-0.39, 0.29) is 27.9 Å². The van der Waals surface area contributed by atoms with Gasteiger partial charge >= 0.3 is 0 Å². The van der Waals surface area contributed by atoms with E-state index in [1.54, 1.807) is 12.2 Å². The van der Waals surface area contributed by atoms with Crippen LogP contribution in [0.25, 0.3) is 6.08 Å². The van der Waals surface area contributed by atoms with Gasteiger partial charge in [0, 0.05) is 35.6 Å². The number of carbonyl (C=O) groups excluding carboxylic acids is 2. The Morgan fingerprint density at radius 2 is 1.23 bits per heavy atom. The fourth-order valence-corrected chi connectivity index (χ4v) is 5.54. The second kappa shape index (κ2) is 12.9. The molecule has 224 valence electrons. The minimum absolute atomic E-state index is 0.101. The minimum Gasteiger partial charge on any atom is -0.461 e. The summed E-state index contributed by atoms with van der Waals surface area (Å²) in [5, 5.41) is 0.243. The summed E-state index contributed by atoms with van der Waals surface area (Å²) in [5.41, 5.74) is 4.41. The maximum atomic E-state index is 13.5. The first kappa shape index (κ1) is 30.7. The summed E-state index contributed by atoms with van der Waals surface area (Å²) < 4.78 is 6.29. The van der Waals surface area contributed by atoms with Crippen LogP contribution in [-0.4, -0.2) is 39.8 Å². The van der Waals surface area contributed by atoms with Gasteiger partial charge in [-0.3, -0.25) is 19.4 Å². The van der Waals surface area contributed by atoms with Crippen LogP contribution in [0.5, 0.6) is 0 Å². The van der Waals surface area contributed by atoms with Crippen LogP contribution in [-0.2, 0) is 14.3 Å². The van der Waals surface area contributed by atoms with E-state index < -0.39 is 0 Å². The Hall–Kier alpha value is -4.75. The Morgan fingerprint density at radius 1 is 0.727 bits per heavy atom. The van der Waals surface area contributed by atoms with E-state index in [2.05, 4.69) is 53.4 Å². The fraction of sp³-hybridized carbons (Fsp3) is 0.216. The van der Waals surface area contributed by atoms with E-state index in [1.165, 1.54) is 9.80 Å². The average Bonchev–Trinajstić information content (AvgIpc) is 3.02. The van der Waals surface area contributed by atoms with Crippen molar-refractivity contribution in [2.45, 2.75) is 34.6 Å². The van der Waals surface area contributed by atoms with E-state index in [1.807, 2.05) is 83.2 Å². The van der Waals surface area contributed by atoms with Crippen molar-refractivity contribution in [3.63, 3.8) is 0 Å². The lowest BCUT2D eigenvalue weighted by atomic mass is 9.89. The molecular weight excluding hydrogens is 566 g/mol. The normalized spacial score (nSPS) is 15.9. The maximum Gasteiger partial charge on any atom is 0.266 e. The largest absolute Gasteiger partial charge is 0.461 e. The lowest BCUT2D eigenvalue weighted by molar-refractivity contribution is -0.133. The number of rotatable bonds is 7. The summed E-state index contributed by atoms with van der Waals surface area (Å²) in [6, 6.07) is 28.8. The third kappa shape index (κ3) is 6.29. The molecule has 2 aliphatic heterocycles. The summed E-state index contributed by atoms with van der Waals surface area (Å²) in [7, 11) is 0. The Kier molecular flexibility index (Phi) is 8.97. The second-order valence-electron chi connectivity index (χ2n) is 11.6. The van der Waals surface area contributed by atoms with Gasteiger partial charge in [0.2, 0.25) is 0 Å². The number of thiocarbonyl (C=S) groups is 1. The van der Waals surface area contributed by atoms with Crippen molar-refractivity contribution >= 4 is 52.3 Å². The van der Waals surface area contributed by atoms with Gasteiger partial charge in [0.05, 0.1) is 0 Å². The van der Waals surface area contributed by atoms with E-state index in [0.717, 1.165) is 22.6 Å². The quantitative estimate of drug-likeness (QED) is 0.154. The number of para-hydroxylation sites is 2. The number of carbonyl (C=O) groups is 2. The minimum atomic E-state index is -0.384. The molecule has 3 aromatic rings. The number of ether oxygens (including phenoxy) is 1. The number of anilines is 3. The van der Waals surface area contributed by atoms with Crippen LogP contribution in [0, 0.1) is 5.41 Å². The number of allylic oxidation sites excluding steroid dienone is 5. The molecule has 0 aromatic heterocycles. The predicted octanol–water partition coefficient (Wildman–Crippen LogP) is 8.31. The molecule has 0 unspecified atom stereocenters. The van der Waals surface area contributed by atoms with Gasteiger partial charge in [0.1, 0.15) is 17.1 Å². The molecule has 0 radical (unpaired) electrons. The van der Waals surface area contributed by atoms with E-state index in [9.17, 15) is 9.59 Å². The van der Waals surface area contributed by atoms with Crippen LogP contribution in [0.3, 0.4) is 0 Å². The molecule has 2 aliphatic rings. The molecule has 2 amide bonds. The first-order chi connectivity index (χ1) is 21.1. The van der Waals surface area contributed by atoms with Crippen molar-refractivity contribution < 1.29 is 14.3 Å². The van der Waals surface area contributed by atoms with Crippen LogP contribution >= 0.6 is 12.2 Å². The predicted molar refractivity (Wildman–Crippen MR) is 181 cm³/mol. The third-order valence-corrected chi connectivity index (χ3v) is 7.91. The van der Waals surface area contributed by atoms with Crippen molar-refractivity contribution in [1.29, 1.82) is 0 Å². The summed E-state index contributed by atoms with van der Waals surface area (Å²) >= 11 is 5.46. The van der Waals surface area contributed by atoms with Crippen molar-refractivity contribution in [2.75, 3.05) is 18.0 Å². The first-order valence-corrected chi connectivity index (χ1v) is 15.2. The van der Waals surface area contributed by atoms with Crippen molar-refractivity contribution in [3.8, 4) is 0 Å². The van der Waals surface area contributed by atoms with Crippen LogP contribution in [0.2, 0.25) is 0 Å². The van der Waals surface area contributed by atoms with Gasteiger partial charge in [0.25, 0.3) is 11.8 Å². The summed E-state index contributed by atoms with van der Waals surface area (Å²) in [4.78, 5) is 32.1. The number of hydrogen-bond acceptors (Lipinski definition) is 5. The highest BCUT2D eigenvalue weighted by molar-refractivity contribution is 7.80. The van der Waals surface area contributed by atoms with Gasteiger partial charge in [-0.05, 0) is 91.8 Å². The molecule has 3 aromatic carbocycles. The van der Waals surface area contributed by atoms with Gasteiger partial charge < -0.3 is 9.64 Å². The van der Waals surface area contributed by atoms with Crippen LogP contribution in [0.1, 0.15) is 40.2 Å². The molecule has 7 heteroatoms. The van der Waals surface area contributed by atoms with Crippen molar-refractivity contribution in [1.82, 2.24) is 9.80 Å². The van der Waals surface area contributed by atoms with Gasteiger partial charge in [-0.1, -0.05) is 75.4 Å². The summed E-state index contributed by atoms with van der Waals surface area (Å²) in [6.45, 7) is 10.6. The molecule has 0 spiro atoms. The zero-order valence-corrected chi connectivity index (χ0v) is 26.6. The molecule has 6 nitrogen and oxygen atoms in total. The highest BCUT2D eigenvalue weighted by Crippen LogP contribution is 2.37. The van der Waals surface area contributed by atoms with Gasteiger partial charge in [-0.2, -0.15) is 0 Å². The Labute approximate surface area is 265 Å². The van der Waals surface area contributed by atoms with Crippen LogP contribution in [0.15, 0.2) is 126 Å². The standard InChI is InChI=1S/C37H37N3O3S/c1-6-38-34(41)33(35(42)39(7-2)36(38)44)27-24-31(43-32(25-27)37(3,4)5)23-20-26-18-21-30(22-19-26)40(28-14-10-8-11-15-28)29-16-12-9-13-17-29/h8-25H,6-7H2,1-5H3/b23-20+. The molecule has 0 saturated carbocycles. The molecule has 0 aliphatic carbocycles. The van der Waals surface area contributed by atoms with Gasteiger partial charge in [-0.25, -0.2) is 0 Å². The molecule has 5 rings (SSSR count). The Bertz CT molecular complexity index is 1610. The number of amides is 2. The SMILES string of the molecule is CCN1C(=O)C(=C2C=C(/C=C/c3ccc(N(c4ccccc4)c4ccccc4)cc3)OC(C(C)(C)C)=C2)C(=O)N(CC)C1=S. The average molecular weight is 604 g/mol. The smallest absolute Gasteiger partial charge is 0.266 e. The number of likely N-dealkylation sites (N-methyl/N-ethyl adjacent to an activating group) is 2. The van der Waals surface area contributed by atoms with Crippen molar-refractivity contribution in [3.05, 3.63) is 131 Å². The molecule has 1 fully saturated rings. The summed E-state index contributed by atoms with van der Waals surface area (Å²) in [6.07, 6.45) is 7.40. The Balaban J connectivity index is 1.49. The molecule has 44 heavy (non-hydrogen) atoms. The highest BCUT2D eigenvalue weighted by Gasteiger charge is 2.40. The maximum absolute atomic E-state index is 13.5. The van der Waals surface area contributed by atoms with E-state index in [4.69, 9.17) is 17.0 Å². The Morgan fingerprint density at radius 3 is 1.70 bits per heavy atom. The molecule has 0 bridgehead atoms. The van der Waals surface area contributed by atoms with Crippen LogP contribution < -0.4 is 4.90 Å². The molecule has 1 saturated heterocycles. The first-order valence-electron chi connectivity index (χ1n) is 14.8. The lowest BCUT2D eigenvalue weighted by Gasteiger charge is -2.36. The second-order valence-corrected chi connectivity index (χ2v) is 11.9. The molecular formula is C37H37N3O3S. The van der Waals surface area contributed by atoms with E-state index in [0.29, 0.717) is 30.2 Å². The molecule has 0 N–H and O–H groups in total. The molecule has 0 atom stereocenters. The zero-order valence-electron chi connectivity index (χ0n) is 25.8. The van der Waals surface area contributed by atoms with Crippen molar-refractivity contribution in [2.24, 2.45) is 5.41 Å².